The first-order valence-electron chi connectivity index (χ1n) is 10.7. The van der Waals surface area contributed by atoms with Crippen LogP contribution in [0, 0.1) is 0 Å². The van der Waals surface area contributed by atoms with Gasteiger partial charge in [0.05, 0.1) is 17.8 Å². The molecule has 0 atom stereocenters. The Bertz CT molecular complexity index is 1390. The molecule has 0 bridgehead atoms. The van der Waals surface area contributed by atoms with Crippen LogP contribution in [0.25, 0.3) is 22.7 Å². The lowest BCUT2D eigenvalue weighted by Gasteiger charge is -2.21. The monoisotopic (exact) mass is 452 g/mol. The van der Waals surface area contributed by atoms with Crippen molar-refractivity contribution in [2.45, 2.75) is 6.92 Å². The van der Waals surface area contributed by atoms with E-state index in [9.17, 15) is 4.79 Å². The summed E-state index contributed by atoms with van der Waals surface area (Å²) in [7, 11) is 0. The van der Waals surface area contributed by atoms with E-state index in [1.54, 1.807) is 11.1 Å². The van der Waals surface area contributed by atoms with Gasteiger partial charge < -0.3 is 4.74 Å². The lowest BCUT2D eigenvalue weighted by atomic mass is 10.1. The molecule has 5 rings (SSSR count). The van der Waals surface area contributed by atoms with Crippen LogP contribution in [0.4, 0.5) is 5.69 Å². The lowest BCUT2D eigenvalue weighted by Crippen LogP contribution is -2.24. The van der Waals surface area contributed by atoms with Crippen LogP contribution >= 0.6 is 11.6 Å². The summed E-state index contributed by atoms with van der Waals surface area (Å²) in [4.78, 5) is 19.7. The van der Waals surface area contributed by atoms with Gasteiger partial charge in [-0.2, -0.15) is 0 Å². The summed E-state index contributed by atoms with van der Waals surface area (Å²) in [6.45, 7) is 2.57. The molecule has 1 aliphatic heterocycles. The van der Waals surface area contributed by atoms with Crippen LogP contribution < -0.4 is 9.64 Å². The van der Waals surface area contributed by atoms with Gasteiger partial charge in [0.2, 0.25) is 0 Å². The molecule has 1 aromatic heterocycles. The molecule has 0 spiro atoms. The first kappa shape index (κ1) is 21.0. The van der Waals surface area contributed by atoms with E-state index in [2.05, 4.69) is 4.98 Å². The van der Waals surface area contributed by atoms with Crippen molar-refractivity contribution in [3.05, 3.63) is 113 Å². The standard InChI is InChI=1S/C28H21ClN2O2/c1-2-33-25-12-5-19(6-13-25)16-22-18-27(20-7-9-23(29)10-8-20)31(28(22)32)24-11-14-26-21(17-24)4-3-15-30-26/h3-18H,2H2,1H3/b22-16+. The van der Waals surface area contributed by atoms with Crippen molar-refractivity contribution in [1.82, 2.24) is 4.98 Å². The van der Waals surface area contributed by atoms with Crippen molar-refractivity contribution in [3.63, 3.8) is 0 Å². The quantitative estimate of drug-likeness (QED) is 0.314. The molecule has 0 radical (unpaired) electrons. The molecule has 1 amide bonds. The lowest BCUT2D eigenvalue weighted by molar-refractivity contribution is -0.113. The number of hydrogen-bond donors (Lipinski definition) is 0. The van der Waals surface area contributed by atoms with Gasteiger partial charge in [-0.3, -0.25) is 14.7 Å². The topological polar surface area (TPSA) is 42.4 Å². The Morgan fingerprint density at radius 2 is 1.79 bits per heavy atom. The fourth-order valence-corrected chi connectivity index (χ4v) is 4.04. The number of carbonyl (C=O) groups is 1. The van der Waals surface area contributed by atoms with Crippen LogP contribution in [0.1, 0.15) is 18.1 Å². The van der Waals surface area contributed by atoms with Crippen LogP contribution in [-0.2, 0) is 4.79 Å². The molecule has 4 nitrogen and oxygen atoms in total. The van der Waals surface area contributed by atoms with E-state index in [0.717, 1.165) is 39.2 Å². The molecule has 1 aliphatic rings. The number of anilines is 1. The number of pyridine rings is 1. The Morgan fingerprint density at radius 1 is 1.00 bits per heavy atom. The van der Waals surface area contributed by atoms with E-state index in [0.29, 0.717) is 17.2 Å². The third-order valence-electron chi connectivity index (χ3n) is 5.48. The zero-order chi connectivity index (χ0) is 22.8. The molecular weight excluding hydrogens is 432 g/mol. The van der Waals surface area contributed by atoms with Gasteiger partial charge in [-0.1, -0.05) is 41.9 Å². The third kappa shape index (κ3) is 4.26. The Hall–Kier alpha value is -3.89. The minimum absolute atomic E-state index is 0.0860. The molecule has 0 N–H and O–H groups in total. The summed E-state index contributed by atoms with van der Waals surface area (Å²) in [5, 5.41) is 1.62. The second kappa shape index (κ2) is 8.93. The van der Waals surface area contributed by atoms with E-state index in [1.165, 1.54) is 0 Å². The Morgan fingerprint density at radius 3 is 2.55 bits per heavy atom. The normalized spacial score (nSPS) is 14.7. The maximum absolute atomic E-state index is 13.6. The van der Waals surface area contributed by atoms with E-state index in [1.807, 2.05) is 97.9 Å². The van der Waals surface area contributed by atoms with Gasteiger partial charge in [0.1, 0.15) is 5.75 Å². The van der Waals surface area contributed by atoms with Gasteiger partial charge in [-0.25, -0.2) is 0 Å². The highest BCUT2D eigenvalue weighted by Crippen LogP contribution is 2.36. The predicted octanol–water partition coefficient (Wildman–Crippen LogP) is 6.76. The van der Waals surface area contributed by atoms with Gasteiger partial charge >= 0.3 is 0 Å². The highest BCUT2D eigenvalue weighted by atomic mass is 35.5. The fourth-order valence-electron chi connectivity index (χ4n) is 3.91. The largest absolute Gasteiger partial charge is 0.494 e. The summed E-state index contributed by atoms with van der Waals surface area (Å²) in [6, 6.07) is 25.0. The van der Waals surface area contributed by atoms with Crippen molar-refractivity contribution in [2.24, 2.45) is 0 Å². The number of aromatic nitrogens is 1. The SMILES string of the molecule is CCOc1ccc(/C=C2\C=C(c3ccc(Cl)cc3)N(c3ccc4ncccc4c3)C2=O)cc1. The average molecular weight is 453 g/mol. The number of carbonyl (C=O) groups excluding carboxylic acids is 1. The second-order valence-electron chi connectivity index (χ2n) is 7.66. The minimum atomic E-state index is -0.0860. The van der Waals surface area contributed by atoms with Crippen molar-refractivity contribution in [2.75, 3.05) is 11.5 Å². The summed E-state index contributed by atoms with van der Waals surface area (Å²) in [5.41, 5.74) is 4.92. The molecule has 33 heavy (non-hydrogen) atoms. The summed E-state index contributed by atoms with van der Waals surface area (Å²) in [6.07, 6.45) is 5.59. The zero-order valence-electron chi connectivity index (χ0n) is 18.0. The Kier molecular flexibility index (Phi) is 5.68. The number of amides is 1. The molecule has 2 heterocycles. The number of halogens is 1. The van der Waals surface area contributed by atoms with Gasteiger partial charge in [-0.05, 0) is 78.7 Å². The third-order valence-corrected chi connectivity index (χ3v) is 5.73. The summed E-state index contributed by atoms with van der Waals surface area (Å²) < 4.78 is 5.52. The molecule has 0 fully saturated rings. The predicted molar refractivity (Wildman–Crippen MR) is 134 cm³/mol. The van der Waals surface area contributed by atoms with Crippen LogP contribution in [0.5, 0.6) is 5.75 Å². The number of fused-ring (bicyclic) bond motifs is 1. The number of nitrogens with zero attached hydrogens (tertiary/aromatic N) is 2. The van der Waals surface area contributed by atoms with Crippen molar-refractivity contribution in [1.29, 1.82) is 0 Å². The average Bonchev–Trinajstić information content (AvgIpc) is 3.16. The summed E-state index contributed by atoms with van der Waals surface area (Å²) in [5.74, 6) is 0.721. The van der Waals surface area contributed by atoms with Crippen LogP contribution in [0.15, 0.2) is 96.7 Å². The molecule has 4 aromatic rings. The molecule has 0 unspecified atom stereocenters. The molecule has 0 saturated heterocycles. The maximum Gasteiger partial charge on any atom is 0.262 e. The molecule has 0 aliphatic carbocycles. The van der Waals surface area contributed by atoms with Gasteiger partial charge in [0, 0.05) is 27.9 Å². The number of ether oxygens (including phenoxy) is 1. The van der Waals surface area contributed by atoms with E-state index in [-0.39, 0.29) is 5.91 Å². The van der Waals surface area contributed by atoms with Gasteiger partial charge in [0.15, 0.2) is 0 Å². The highest BCUT2D eigenvalue weighted by molar-refractivity contribution is 6.30. The van der Waals surface area contributed by atoms with E-state index < -0.39 is 0 Å². The first-order chi connectivity index (χ1) is 16.1. The molecule has 0 saturated carbocycles. The molecular formula is C28H21ClN2O2. The zero-order valence-corrected chi connectivity index (χ0v) is 18.8. The van der Waals surface area contributed by atoms with Crippen molar-refractivity contribution >= 4 is 45.9 Å². The van der Waals surface area contributed by atoms with Crippen molar-refractivity contribution in [3.8, 4) is 5.75 Å². The molecule has 5 heteroatoms. The maximum atomic E-state index is 13.6. The molecule has 3 aromatic carbocycles. The summed E-state index contributed by atoms with van der Waals surface area (Å²) >= 11 is 6.11. The van der Waals surface area contributed by atoms with Crippen molar-refractivity contribution < 1.29 is 9.53 Å². The Balaban J connectivity index is 1.58. The van der Waals surface area contributed by atoms with Gasteiger partial charge in [-0.15, -0.1) is 0 Å². The smallest absolute Gasteiger partial charge is 0.262 e. The van der Waals surface area contributed by atoms with Crippen LogP contribution in [0.3, 0.4) is 0 Å². The first-order valence-corrected chi connectivity index (χ1v) is 11.1. The number of benzene rings is 3. The van der Waals surface area contributed by atoms with Crippen LogP contribution in [-0.4, -0.2) is 17.5 Å². The van der Waals surface area contributed by atoms with Gasteiger partial charge in [0.25, 0.3) is 5.91 Å². The minimum Gasteiger partial charge on any atom is -0.494 e. The highest BCUT2D eigenvalue weighted by Gasteiger charge is 2.30. The van der Waals surface area contributed by atoms with E-state index >= 15 is 0 Å². The van der Waals surface area contributed by atoms with E-state index in [4.69, 9.17) is 16.3 Å². The number of rotatable bonds is 5. The number of hydrogen-bond acceptors (Lipinski definition) is 3. The second-order valence-corrected chi connectivity index (χ2v) is 8.10. The van der Waals surface area contributed by atoms with Crippen LogP contribution in [0.2, 0.25) is 5.02 Å². The molecule has 162 valence electrons. The Labute approximate surface area is 197 Å². The fraction of sp³-hybridized carbons (Fsp3) is 0.0714.